The summed E-state index contributed by atoms with van der Waals surface area (Å²) in [6, 6.07) is 16.4. The number of hydrogen-bond acceptors (Lipinski definition) is 5. The number of primary amides is 1. The standard InChI is InChI=1S/C18H16ClN3O2S/c1-24-15-4-2-3-14(9-15)22-18(16(10-20)17(21)23)25-11-12-5-7-13(19)8-6-12/h2-9,22H,11H2,1H3,(H2,21,23). The molecule has 0 unspecified atom stereocenters. The molecule has 1 amide bonds. The number of nitrogens with zero attached hydrogens (tertiary/aromatic N) is 1. The maximum absolute atomic E-state index is 11.6. The number of halogens is 1. The molecule has 0 spiro atoms. The molecular formula is C18H16ClN3O2S. The van der Waals surface area contributed by atoms with Crippen LogP contribution < -0.4 is 15.8 Å². The Morgan fingerprint density at radius 3 is 2.64 bits per heavy atom. The van der Waals surface area contributed by atoms with Gasteiger partial charge in [0.2, 0.25) is 0 Å². The van der Waals surface area contributed by atoms with Crippen molar-refractivity contribution in [1.82, 2.24) is 0 Å². The van der Waals surface area contributed by atoms with Gasteiger partial charge in [-0.25, -0.2) is 0 Å². The van der Waals surface area contributed by atoms with Crippen molar-refractivity contribution < 1.29 is 9.53 Å². The van der Waals surface area contributed by atoms with Crippen molar-refractivity contribution in [3.05, 3.63) is 69.7 Å². The summed E-state index contributed by atoms with van der Waals surface area (Å²) in [5.74, 6) is 0.420. The van der Waals surface area contributed by atoms with Gasteiger partial charge in [0.15, 0.2) is 0 Å². The second-order valence-electron chi connectivity index (χ2n) is 4.95. The average Bonchev–Trinajstić information content (AvgIpc) is 2.61. The number of carbonyl (C=O) groups excluding carboxylic acids is 1. The van der Waals surface area contributed by atoms with E-state index in [2.05, 4.69) is 5.32 Å². The summed E-state index contributed by atoms with van der Waals surface area (Å²) < 4.78 is 5.18. The second-order valence-corrected chi connectivity index (χ2v) is 6.37. The zero-order valence-electron chi connectivity index (χ0n) is 13.5. The lowest BCUT2D eigenvalue weighted by Gasteiger charge is -2.13. The van der Waals surface area contributed by atoms with Crippen LogP contribution in [0.5, 0.6) is 5.75 Å². The Kier molecular flexibility index (Phi) is 6.75. The lowest BCUT2D eigenvalue weighted by atomic mass is 10.2. The molecule has 3 N–H and O–H groups in total. The zero-order chi connectivity index (χ0) is 18.2. The van der Waals surface area contributed by atoms with Crippen LogP contribution in [0.1, 0.15) is 5.56 Å². The zero-order valence-corrected chi connectivity index (χ0v) is 15.0. The van der Waals surface area contributed by atoms with E-state index in [-0.39, 0.29) is 5.57 Å². The van der Waals surface area contributed by atoms with Crippen molar-refractivity contribution in [2.24, 2.45) is 5.73 Å². The van der Waals surface area contributed by atoms with Crippen molar-refractivity contribution in [1.29, 1.82) is 5.26 Å². The lowest BCUT2D eigenvalue weighted by molar-refractivity contribution is -0.114. The van der Waals surface area contributed by atoms with Crippen LogP contribution in [0.25, 0.3) is 0 Å². The van der Waals surface area contributed by atoms with Gasteiger partial charge in [-0.3, -0.25) is 4.79 Å². The molecule has 0 aliphatic rings. The third kappa shape index (κ3) is 5.45. The van der Waals surface area contributed by atoms with Crippen LogP contribution in [0.3, 0.4) is 0 Å². The number of nitrogens with one attached hydrogen (secondary N) is 1. The molecule has 0 atom stereocenters. The number of nitriles is 1. The van der Waals surface area contributed by atoms with Crippen molar-refractivity contribution in [2.45, 2.75) is 5.75 Å². The first-order valence-corrected chi connectivity index (χ1v) is 8.62. The summed E-state index contributed by atoms with van der Waals surface area (Å²) in [6.07, 6.45) is 0. The first-order valence-electron chi connectivity index (χ1n) is 7.26. The van der Waals surface area contributed by atoms with Gasteiger partial charge >= 0.3 is 0 Å². The molecule has 7 heteroatoms. The quantitative estimate of drug-likeness (QED) is 0.567. The van der Waals surface area contributed by atoms with E-state index in [0.717, 1.165) is 5.56 Å². The number of thioether (sulfide) groups is 1. The highest BCUT2D eigenvalue weighted by Gasteiger charge is 2.14. The molecule has 0 saturated carbocycles. The topological polar surface area (TPSA) is 88.1 Å². The van der Waals surface area contributed by atoms with Crippen molar-refractivity contribution in [3.63, 3.8) is 0 Å². The van der Waals surface area contributed by atoms with Crippen LogP contribution in [0, 0.1) is 11.3 Å². The highest BCUT2D eigenvalue weighted by atomic mass is 35.5. The molecule has 0 fully saturated rings. The van der Waals surface area contributed by atoms with E-state index in [0.29, 0.717) is 27.2 Å². The van der Waals surface area contributed by atoms with Crippen molar-refractivity contribution in [3.8, 4) is 11.8 Å². The summed E-state index contributed by atoms with van der Waals surface area (Å²) in [6.45, 7) is 0. The molecule has 0 aliphatic heterocycles. The van der Waals surface area contributed by atoms with E-state index >= 15 is 0 Å². The number of nitrogens with two attached hydrogens (primary N) is 1. The van der Waals surface area contributed by atoms with Gasteiger partial charge in [0, 0.05) is 22.5 Å². The monoisotopic (exact) mass is 373 g/mol. The molecule has 0 aliphatic carbocycles. The Morgan fingerprint density at radius 2 is 2.04 bits per heavy atom. The predicted molar refractivity (Wildman–Crippen MR) is 101 cm³/mol. The number of hydrogen-bond donors (Lipinski definition) is 2. The largest absolute Gasteiger partial charge is 0.497 e. The fourth-order valence-electron chi connectivity index (χ4n) is 1.96. The summed E-state index contributed by atoms with van der Waals surface area (Å²) in [7, 11) is 1.56. The molecule has 5 nitrogen and oxygen atoms in total. The van der Waals surface area contributed by atoms with Crippen LogP contribution >= 0.6 is 23.4 Å². The van der Waals surface area contributed by atoms with Gasteiger partial charge in [-0.15, -0.1) is 11.8 Å². The molecule has 0 radical (unpaired) electrons. The van der Waals surface area contributed by atoms with E-state index in [4.69, 9.17) is 22.1 Å². The van der Waals surface area contributed by atoms with Crippen molar-refractivity contribution >= 4 is 35.0 Å². The first-order chi connectivity index (χ1) is 12.0. The number of anilines is 1. The van der Waals surface area contributed by atoms with E-state index in [1.807, 2.05) is 18.2 Å². The van der Waals surface area contributed by atoms with Gasteiger partial charge in [0.1, 0.15) is 17.4 Å². The molecular weight excluding hydrogens is 358 g/mol. The Balaban J connectivity index is 2.25. The highest BCUT2D eigenvalue weighted by Crippen LogP contribution is 2.28. The maximum Gasteiger partial charge on any atom is 0.262 e. The minimum atomic E-state index is -0.781. The molecule has 25 heavy (non-hydrogen) atoms. The number of methoxy groups -OCH3 is 1. The van der Waals surface area contributed by atoms with Crippen LogP contribution in [0.15, 0.2) is 59.1 Å². The SMILES string of the molecule is COc1cccc(NC(SCc2ccc(Cl)cc2)=C(C#N)C(N)=O)c1. The number of ether oxygens (including phenoxy) is 1. The van der Waals surface area contributed by atoms with Gasteiger partial charge in [-0.1, -0.05) is 29.8 Å². The van der Waals surface area contributed by atoms with Gasteiger partial charge in [0.25, 0.3) is 5.91 Å². The van der Waals surface area contributed by atoms with Crippen LogP contribution in [-0.4, -0.2) is 13.0 Å². The van der Waals surface area contributed by atoms with Gasteiger partial charge in [-0.2, -0.15) is 5.26 Å². The number of rotatable bonds is 7. The van der Waals surface area contributed by atoms with Crippen LogP contribution in [0.2, 0.25) is 5.02 Å². The molecule has 0 heterocycles. The summed E-state index contributed by atoms with van der Waals surface area (Å²) in [5, 5.41) is 13.4. The number of amides is 1. The smallest absolute Gasteiger partial charge is 0.262 e. The highest BCUT2D eigenvalue weighted by molar-refractivity contribution is 8.02. The van der Waals surface area contributed by atoms with Gasteiger partial charge < -0.3 is 15.8 Å². The fraction of sp³-hybridized carbons (Fsp3) is 0.111. The molecule has 2 aromatic rings. The second kappa shape index (κ2) is 9.02. The van der Waals surface area contributed by atoms with Crippen LogP contribution in [-0.2, 0) is 10.5 Å². The van der Waals surface area contributed by atoms with E-state index in [1.54, 1.807) is 43.5 Å². The Bertz CT molecular complexity index is 829. The Labute approximate surface area is 155 Å². The molecule has 0 saturated heterocycles. The normalized spacial score (nSPS) is 11.2. The minimum Gasteiger partial charge on any atom is -0.497 e. The number of carbonyl (C=O) groups is 1. The van der Waals surface area contributed by atoms with E-state index in [9.17, 15) is 10.1 Å². The third-order valence-electron chi connectivity index (χ3n) is 3.21. The summed E-state index contributed by atoms with van der Waals surface area (Å²) in [4.78, 5) is 11.6. The molecule has 2 aromatic carbocycles. The molecule has 0 bridgehead atoms. The number of benzene rings is 2. The lowest BCUT2D eigenvalue weighted by Crippen LogP contribution is -2.16. The molecule has 2 rings (SSSR count). The summed E-state index contributed by atoms with van der Waals surface area (Å²) in [5.41, 5.74) is 6.90. The van der Waals surface area contributed by atoms with E-state index in [1.165, 1.54) is 11.8 Å². The summed E-state index contributed by atoms with van der Waals surface area (Å²) >= 11 is 7.19. The molecule has 128 valence electrons. The Morgan fingerprint density at radius 1 is 1.32 bits per heavy atom. The minimum absolute atomic E-state index is 0.123. The predicted octanol–water partition coefficient (Wildman–Crippen LogP) is 3.91. The Hall–Kier alpha value is -2.62. The fourth-order valence-corrected chi connectivity index (χ4v) is 3.07. The van der Waals surface area contributed by atoms with Gasteiger partial charge in [-0.05, 0) is 29.8 Å². The van der Waals surface area contributed by atoms with Crippen molar-refractivity contribution in [2.75, 3.05) is 12.4 Å². The van der Waals surface area contributed by atoms with Gasteiger partial charge in [0.05, 0.1) is 12.1 Å². The first kappa shape index (κ1) is 18.7. The van der Waals surface area contributed by atoms with E-state index < -0.39 is 5.91 Å². The molecule has 0 aromatic heterocycles. The third-order valence-corrected chi connectivity index (χ3v) is 4.53. The average molecular weight is 374 g/mol. The van der Waals surface area contributed by atoms with Crippen LogP contribution in [0.4, 0.5) is 5.69 Å². The maximum atomic E-state index is 11.6.